The van der Waals surface area contributed by atoms with Gasteiger partial charge in [0.15, 0.2) is 0 Å². The Kier molecular flexibility index (Phi) is 12.8. The van der Waals surface area contributed by atoms with Gasteiger partial charge in [0, 0.05) is 69.0 Å². The quantitative estimate of drug-likeness (QED) is 0.363. The van der Waals surface area contributed by atoms with E-state index in [1.807, 2.05) is 31.2 Å². The van der Waals surface area contributed by atoms with Crippen molar-refractivity contribution in [2.75, 3.05) is 70.5 Å². The third kappa shape index (κ3) is 8.92. The summed E-state index contributed by atoms with van der Waals surface area (Å²) >= 11 is 6.43. The number of halogens is 1. The Morgan fingerprint density at radius 1 is 0.981 bits per heavy atom. The Hall–Kier alpha value is -2.41. The fraction of sp³-hybridized carbons (Fsp3) is 0.690. The van der Waals surface area contributed by atoms with E-state index in [0.717, 1.165) is 133 Å². The van der Waals surface area contributed by atoms with E-state index in [1.54, 1.807) is 13.0 Å². The molecule has 3 fully saturated rings. The Morgan fingerprint density at radius 2 is 1.85 bits per heavy atom. The van der Waals surface area contributed by atoms with Crippen LogP contribution in [-0.2, 0) is 32.5 Å². The standard InChI is InChI=1S/C42H61ClN4O6S/c1-4-21-53-42(29-45-18-19-46-20-22-51-28-37(46)26-45)16-7-8-30(2)31(3)54(49,50)44-41(48)33-12-15-40-39(24-33)47(25-34-11-14-38(34)42)17-6-5-9-32-23-36(43)13-10-35(32)27-52-40/h10,12-13,15,23-24,30-31,34,37-38H,4-9,11,14,16-22,25-29H2,1-3H3,(H,44,48)/t30-,31+,34-,37-,38+,42-/m0/s1. The Balaban J connectivity index is 1.25. The topological polar surface area (TPSA) is 101 Å². The summed E-state index contributed by atoms with van der Waals surface area (Å²) in [4.78, 5) is 21.3. The van der Waals surface area contributed by atoms with E-state index in [-0.39, 0.29) is 11.5 Å². The number of nitrogens with one attached hydrogen (secondary N) is 1. The second-order valence-electron chi connectivity index (χ2n) is 16.7. The van der Waals surface area contributed by atoms with Gasteiger partial charge in [-0.3, -0.25) is 14.6 Å². The fourth-order valence-corrected chi connectivity index (χ4v) is 11.1. The first kappa shape index (κ1) is 39.8. The third-order valence-electron chi connectivity index (χ3n) is 13.2. The molecule has 5 aliphatic rings. The zero-order valence-corrected chi connectivity index (χ0v) is 34.1. The van der Waals surface area contributed by atoms with Crippen LogP contribution in [0.5, 0.6) is 5.75 Å². The Labute approximate surface area is 328 Å². The summed E-state index contributed by atoms with van der Waals surface area (Å²) in [5.74, 6) is 0.709. The van der Waals surface area contributed by atoms with Gasteiger partial charge in [0.2, 0.25) is 10.0 Å². The lowest BCUT2D eigenvalue weighted by Gasteiger charge is -2.54. The highest BCUT2D eigenvalue weighted by molar-refractivity contribution is 7.90. The molecule has 1 N–H and O–H groups in total. The number of amides is 1. The maximum atomic E-state index is 13.7. The molecule has 1 aliphatic carbocycles. The van der Waals surface area contributed by atoms with Crippen molar-refractivity contribution in [2.24, 2.45) is 17.8 Å². The predicted octanol–water partition coefficient (Wildman–Crippen LogP) is 6.54. The molecule has 2 saturated heterocycles. The van der Waals surface area contributed by atoms with Crippen LogP contribution in [0.3, 0.4) is 0 Å². The number of fused-ring (bicyclic) bond motifs is 4. The molecule has 12 heteroatoms. The van der Waals surface area contributed by atoms with Gasteiger partial charge < -0.3 is 19.1 Å². The van der Waals surface area contributed by atoms with E-state index in [4.69, 9.17) is 25.8 Å². The van der Waals surface area contributed by atoms with Crippen LogP contribution in [0, 0.1) is 17.8 Å². The summed E-state index contributed by atoms with van der Waals surface area (Å²) in [6.07, 6.45) is 8.50. The van der Waals surface area contributed by atoms with Crippen molar-refractivity contribution < 1.29 is 27.4 Å². The van der Waals surface area contributed by atoms with Crippen LogP contribution in [0.25, 0.3) is 0 Å². The van der Waals surface area contributed by atoms with E-state index in [2.05, 4.69) is 32.4 Å². The third-order valence-corrected chi connectivity index (χ3v) is 15.3. The lowest BCUT2D eigenvalue weighted by molar-refractivity contribution is -0.157. The summed E-state index contributed by atoms with van der Waals surface area (Å²) in [6.45, 7) is 15.1. The molecule has 54 heavy (non-hydrogen) atoms. The number of carbonyl (C=O) groups excluding carboxylic acids is 1. The number of hydrogen-bond donors (Lipinski definition) is 1. The predicted molar refractivity (Wildman–Crippen MR) is 214 cm³/mol. The van der Waals surface area contributed by atoms with Gasteiger partial charge in [-0.15, -0.1) is 0 Å². The number of anilines is 1. The molecule has 0 radical (unpaired) electrons. The molecule has 2 aromatic carbocycles. The van der Waals surface area contributed by atoms with Gasteiger partial charge in [-0.05, 0) is 118 Å². The molecule has 4 aliphatic heterocycles. The smallest absolute Gasteiger partial charge is 0.264 e. The van der Waals surface area contributed by atoms with Gasteiger partial charge in [0.05, 0.1) is 29.8 Å². The highest BCUT2D eigenvalue weighted by Gasteiger charge is 2.50. The number of hydrogen-bond acceptors (Lipinski definition) is 9. The van der Waals surface area contributed by atoms with Crippen LogP contribution >= 0.6 is 11.6 Å². The van der Waals surface area contributed by atoms with Crippen LogP contribution in [0.1, 0.15) is 93.6 Å². The molecule has 0 unspecified atom stereocenters. The number of nitrogens with zero attached hydrogens (tertiary/aromatic N) is 3. The zero-order valence-electron chi connectivity index (χ0n) is 32.6. The lowest BCUT2D eigenvalue weighted by Crippen LogP contribution is -2.63. The average Bonchev–Trinajstić information content (AvgIpc) is 3.17. The number of benzene rings is 2. The molecule has 1 amide bonds. The first-order valence-electron chi connectivity index (χ1n) is 20.6. The number of carbonyl (C=O) groups is 1. The number of rotatable bonds is 5. The van der Waals surface area contributed by atoms with Gasteiger partial charge >= 0.3 is 0 Å². The van der Waals surface area contributed by atoms with E-state index in [0.29, 0.717) is 42.4 Å². The molecule has 2 bridgehead atoms. The molecular formula is C42H61ClN4O6S. The van der Waals surface area contributed by atoms with Crippen LogP contribution in [0.15, 0.2) is 36.4 Å². The normalized spacial score (nSPS) is 31.4. The average molecular weight is 785 g/mol. The zero-order chi connectivity index (χ0) is 37.9. The molecule has 1 saturated carbocycles. The summed E-state index contributed by atoms with van der Waals surface area (Å²) < 4.78 is 49.6. The molecular weight excluding hydrogens is 724 g/mol. The minimum atomic E-state index is -3.93. The monoisotopic (exact) mass is 784 g/mol. The number of aryl methyl sites for hydroxylation is 1. The van der Waals surface area contributed by atoms with Crippen molar-refractivity contribution in [2.45, 2.75) is 102 Å². The van der Waals surface area contributed by atoms with Crippen LogP contribution < -0.4 is 14.4 Å². The molecule has 298 valence electrons. The minimum Gasteiger partial charge on any atom is -0.487 e. The van der Waals surface area contributed by atoms with E-state index < -0.39 is 21.2 Å². The number of morpholine rings is 1. The molecule has 4 heterocycles. The second-order valence-corrected chi connectivity index (χ2v) is 19.2. The SMILES string of the molecule is CCCO[C@]1(CN2CCN3CCOC[C@@H]3C2)CCC[C@H](C)[C@@H](C)S(=O)(=O)NC(=O)c2ccc3c(c2)N(CCCCc2cc(Cl)ccc2CO3)C[C@@H]2CC[C@H]21. The summed E-state index contributed by atoms with van der Waals surface area (Å²) in [7, 11) is -3.93. The fourth-order valence-electron chi connectivity index (χ4n) is 9.63. The lowest BCUT2D eigenvalue weighted by atomic mass is 9.62. The van der Waals surface area contributed by atoms with Crippen molar-refractivity contribution >= 4 is 33.2 Å². The first-order valence-corrected chi connectivity index (χ1v) is 22.5. The maximum absolute atomic E-state index is 13.7. The molecule has 2 aromatic rings. The molecule has 7 rings (SSSR count). The van der Waals surface area contributed by atoms with Crippen molar-refractivity contribution in [3.63, 3.8) is 0 Å². The second kappa shape index (κ2) is 17.4. The maximum Gasteiger partial charge on any atom is 0.264 e. The summed E-state index contributed by atoms with van der Waals surface area (Å²) in [6, 6.07) is 11.8. The number of piperazine rings is 1. The van der Waals surface area contributed by atoms with E-state index in [1.165, 1.54) is 5.56 Å². The summed E-state index contributed by atoms with van der Waals surface area (Å²) in [5, 5.41) is -0.00687. The van der Waals surface area contributed by atoms with Gasteiger partial charge in [-0.25, -0.2) is 13.1 Å². The van der Waals surface area contributed by atoms with Gasteiger partial charge in [0.25, 0.3) is 5.91 Å². The first-order chi connectivity index (χ1) is 26.0. The van der Waals surface area contributed by atoms with Crippen molar-refractivity contribution in [1.82, 2.24) is 14.5 Å². The van der Waals surface area contributed by atoms with Crippen LogP contribution in [0.4, 0.5) is 5.69 Å². The van der Waals surface area contributed by atoms with Crippen molar-refractivity contribution in [3.05, 3.63) is 58.1 Å². The Bertz CT molecular complexity index is 1730. The molecule has 10 nitrogen and oxygen atoms in total. The summed E-state index contributed by atoms with van der Waals surface area (Å²) in [5.41, 5.74) is 3.11. The largest absolute Gasteiger partial charge is 0.487 e. The van der Waals surface area contributed by atoms with Crippen molar-refractivity contribution in [3.8, 4) is 5.75 Å². The van der Waals surface area contributed by atoms with Gasteiger partial charge in [-0.1, -0.05) is 37.9 Å². The number of ether oxygens (including phenoxy) is 3. The number of sulfonamides is 1. The van der Waals surface area contributed by atoms with Crippen molar-refractivity contribution in [1.29, 1.82) is 0 Å². The highest BCUT2D eigenvalue weighted by atomic mass is 35.5. The van der Waals surface area contributed by atoms with Gasteiger partial charge in [-0.2, -0.15) is 0 Å². The highest BCUT2D eigenvalue weighted by Crippen LogP contribution is 2.48. The molecule has 0 spiro atoms. The van der Waals surface area contributed by atoms with Gasteiger partial charge in [0.1, 0.15) is 12.4 Å². The van der Waals surface area contributed by atoms with E-state index in [9.17, 15) is 13.2 Å². The molecule has 0 aromatic heterocycles. The minimum absolute atomic E-state index is 0.138. The Morgan fingerprint density at radius 3 is 2.67 bits per heavy atom. The van der Waals surface area contributed by atoms with E-state index >= 15 is 0 Å². The van der Waals surface area contributed by atoms with Crippen LogP contribution in [-0.4, -0.2) is 107 Å². The van der Waals surface area contributed by atoms with Crippen LogP contribution in [0.2, 0.25) is 5.02 Å². The molecule has 6 atom stereocenters.